The molecule has 0 radical (unpaired) electrons. The second kappa shape index (κ2) is 11.4. The van der Waals surface area contributed by atoms with Crippen molar-refractivity contribution in [2.75, 3.05) is 31.8 Å². The van der Waals surface area contributed by atoms with E-state index < -0.39 is 42.8 Å². The number of ether oxygens (including phenoxy) is 3. The predicted molar refractivity (Wildman–Crippen MR) is 135 cm³/mol. The van der Waals surface area contributed by atoms with E-state index in [2.05, 4.69) is 20.0 Å². The molecule has 0 aliphatic carbocycles. The van der Waals surface area contributed by atoms with Gasteiger partial charge in [0.15, 0.2) is 17.4 Å². The van der Waals surface area contributed by atoms with Crippen molar-refractivity contribution in [1.82, 2.24) is 24.6 Å². The number of hydrogen-bond acceptors (Lipinski definition) is 13. The Morgan fingerprint density at radius 2 is 2.24 bits per heavy atom. The number of nitrogens with two attached hydrogens (primary N) is 1. The highest BCUT2D eigenvalue weighted by molar-refractivity contribution is 8.56. The summed E-state index contributed by atoms with van der Waals surface area (Å²) in [5.74, 6) is 0.128. The van der Waals surface area contributed by atoms with E-state index in [1.807, 2.05) is 6.92 Å². The first kappa shape index (κ1) is 28.0. The number of aliphatic hydroxyl groups excluding tert-OH is 1. The van der Waals surface area contributed by atoms with E-state index in [0.717, 1.165) is 24.2 Å². The van der Waals surface area contributed by atoms with E-state index in [9.17, 15) is 19.6 Å². The Kier molecular flexibility index (Phi) is 8.63. The molecule has 206 valence electrons. The molecule has 2 aromatic heterocycles. The van der Waals surface area contributed by atoms with Crippen LogP contribution in [0.15, 0.2) is 6.33 Å². The highest BCUT2D eigenvalue weighted by atomic mass is 32.7. The number of nitrogens with one attached hydrogen (secondary N) is 1. The lowest BCUT2D eigenvalue weighted by Crippen LogP contribution is -2.44. The van der Waals surface area contributed by atoms with Gasteiger partial charge in [0.1, 0.15) is 23.9 Å². The van der Waals surface area contributed by atoms with Crippen LogP contribution in [0.2, 0.25) is 0 Å². The van der Waals surface area contributed by atoms with Gasteiger partial charge in [0.25, 0.3) is 0 Å². The van der Waals surface area contributed by atoms with Crippen molar-refractivity contribution in [3.8, 4) is 5.88 Å². The van der Waals surface area contributed by atoms with Crippen molar-refractivity contribution in [2.24, 2.45) is 0 Å². The number of aliphatic hydroxyl groups is 2. The zero-order valence-corrected chi connectivity index (χ0v) is 22.6. The second-order valence-corrected chi connectivity index (χ2v) is 13.5. The molecule has 0 bridgehead atoms. The highest BCUT2D eigenvalue weighted by Gasteiger charge is 2.54. The quantitative estimate of drug-likeness (QED) is 0.195. The first-order chi connectivity index (χ1) is 17.6. The standard InChI is InChI=1S/C21H33N6O8PS/c1-4-5-8-33-18(29)12-7-6-9-37-36(31,26-12)34-10-13-15(28)21(2,30)19(35-13)27-11-23-14-16(27)24-20(22)25-17(14)32-3/h11-13,15,19,28,30H,4-10H2,1-3H3,(H,26,31)(H2,22,24,25)/t12-,13-,15-,19-,21-,36-/m1/s1. The van der Waals surface area contributed by atoms with Gasteiger partial charge in [-0.15, -0.1) is 0 Å². The number of esters is 1. The van der Waals surface area contributed by atoms with Crippen LogP contribution in [0, 0.1) is 0 Å². The number of methoxy groups -OCH3 is 1. The third-order valence-electron chi connectivity index (χ3n) is 6.26. The lowest BCUT2D eigenvalue weighted by molar-refractivity contribution is -0.146. The van der Waals surface area contributed by atoms with Gasteiger partial charge in [0.2, 0.25) is 11.8 Å². The van der Waals surface area contributed by atoms with Crippen LogP contribution in [0.1, 0.15) is 45.8 Å². The number of imidazole rings is 1. The van der Waals surface area contributed by atoms with Gasteiger partial charge in [-0.2, -0.15) is 9.97 Å². The third-order valence-corrected chi connectivity index (χ3v) is 10.4. The molecule has 0 amide bonds. The first-order valence-electron chi connectivity index (χ1n) is 12.0. The van der Waals surface area contributed by atoms with Gasteiger partial charge >= 0.3 is 12.7 Å². The van der Waals surface area contributed by atoms with Crippen LogP contribution >= 0.6 is 18.1 Å². The molecular formula is C21H33N6O8PS. The molecule has 0 saturated carbocycles. The minimum absolute atomic E-state index is 0.0680. The fourth-order valence-electron chi connectivity index (χ4n) is 4.20. The highest BCUT2D eigenvalue weighted by Crippen LogP contribution is 2.58. The van der Waals surface area contributed by atoms with E-state index in [0.29, 0.717) is 30.7 Å². The van der Waals surface area contributed by atoms with E-state index in [1.165, 1.54) is 24.9 Å². The van der Waals surface area contributed by atoms with Gasteiger partial charge in [-0.25, -0.2) is 10.1 Å². The van der Waals surface area contributed by atoms with E-state index in [1.54, 1.807) is 0 Å². The molecule has 0 aromatic carbocycles. The summed E-state index contributed by atoms with van der Waals surface area (Å²) >= 11 is 1.08. The van der Waals surface area contributed by atoms with E-state index in [-0.39, 0.29) is 24.1 Å². The summed E-state index contributed by atoms with van der Waals surface area (Å²) in [6, 6.07) is -0.764. The molecular weight excluding hydrogens is 527 g/mol. The van der Waals surface area contributed by atoms with Crippen LogP contribution in [0.25, 0.3) is 11.2 Å². The van der Waals surface area contributed by atoms with Crippen LogP contribution in [0.4, 0.5) is 5.95 Å². The lowest BCUT2D eigenvalue weighted by atomic mass is 9.96. The molecule has 2 aliphatic heterocycles. The molecule has 6 atom stereocenters. The topological polar surface area (TPSA) is 193 Å². The summed E-state index contributed by atoms with van der Waals surface area (Å²) in [5, 5.41) is 24.9. The summed E-state index contributed by atoms with van der Waals surface area (Å²) in [4.78, 5) is 24.9. The molecule has 14 nitrogen and oxygen atoms in total. The normalized spacial score (nSPS) is 32.4. The summed E-state index contributed by atoms with van der Waals surface area (Å²) in [5.41, 5.74) is 4.53. The van der Waals surface area contributed by atoms with Crippen molar-refractivity contribution in [3.05, 3.63) is 6.33 Å². The molecule has 4 rings (SSSR count). The Balaban J connectivity index is 1.47. The molecule has 5 N–H and O–H groups in total. The first-order valence-corrected chi connectivity index (χ1v) is 15.2. The molecule has 4 heterocycles. The largest absolute Gasteiger partial charge is 0.479 e. The van der Waals surface area contributed by atoms with E-state index in [4.69, 9.17) is 24.5 Å². The summed E-state index contributed by atoms with van der Waals surface area (Å²) in [7, 11) is 1.41. The summed E-state index contributed by atoms with van der Waals surface area (Å²) in [6.07, 6.45) is 0.538. The Morgan fingerprint density at radius 1 is 1.46 bits per heavy atom. The number of aromatic nitrogens is 4. The molecule has 0 spiro atoms. The molecule has 2 fully saturated rings. The number of rotatable bonds is 9. The van der Waals surface area contributed by atoms with Crippen molar-refractivity contribution in [1.29, 1.82) is 0 Å². The zero-order chi connectivity index (χ0) is 26.8. The molecule has 2 saturated heterocycles. The number of hydrogen-bond donors (Lipinski definition) is 4. The molecule has 16 heteroatoms. The average molecular weight is 561 g/mol. The van der Waals surface area contributed by atoms with Gasteiger partial charge in [-0.05, 0) is 26.2 Å². The number of anilines is 1. The Labute approximate surface area is 217 Å². The molecule has 2 aromatic rings. The number of nitrogens with zero attached hydrogens (tertiary/aromatic N) is 4. The summed E-state index contributed by atoms with van der Waals surface area (Å²) in [6.45, 7) is -0.156. The van der Waals surface area contributed by atoms with Gasteiger partial charge in [0, 0.05) is 5.75 Å². The number of fused-ring (bicyclic) bond motifs is 1. The second-order valence-electron chi connectivity index (χ2n) is 9.08. The predicted octanol–water partition coefficient (Wildman–Crippen LogP) is 1.38. The third kappa shape index (κ3) is 5.87. The van der Waals surface area contributed by atoms with Crippen LogP contribution in [-0.4, -0.2) is 85.6 Å². The van der Waals surface area contributed by atoms with Crippen molar-refractivity contribution >= 4 is 41.2 Å². The van der Waals surface area contributed by atoms with Gasteiger partial charge < -0.3 is 34.7 Å². The van der Waals surface area contributed by atoms with Gasteiger partial charge in [0.05, 0.1) is 26.7 Å². The minimum atomic E-state index is -3.54. The Hall–Kier alpha value is -2.00. The molecule has 37 heavy (non-hydrogen) atoms. The summed E-state index contributed by atoms with van der Waals surface area (Å²) < 4.78 is 37.1. The van der Waals surface area contributed by atoms with Gasteiger partial charge in [-0.3, -0.25) is 13.9 Å². The van der Waals surface area contributed by atoms with Crippen molar-refractivity contribution in [3.63, 3.8) is 0 Å². The number of carbonyl (C=O) groups is 1. The zero-order valence-electron chi connectivity index (χ0n) is 20.9. The van der Waals surface area contributed by atoms with Crippen molar-refractivity contribution < 1.29 is 38.3 Å². The van der Waals surface area contributed by atoms with Crippen LogP contribution in [0.5, 0.6) is 5.88 Å². The monoisotopic (exact) mass is 560 g/mol. The molecule has 2 aliphatic rings. The maximum Gasteiger partial charge on any atom is 0.327 e. The fraction of sp³-hybridized carbons (Fsp3) is 0.714. The van der Waals surface area contributed by atoms with Crippen LogP contribution < -0.4 is 15.6 Å². The minimum Gasteiger partial charge on any atom is -0.479 e. The SMILES string of the molecule is CCCCOC(=O)[C@H]1CCCS[P@](=O)(OC[C@H]2O[C@@H](n3cnc4c(OC)nc(N)nc43)[C@](C)(O)[C@@H]2O)N1. The molecule has 0 unspecified atom stereocenters. The number of nitrogen functional groups attached to an aromatic ring is 1. The fourth-order valence-corrected chi connectivity index (χ4v) is 8.04. The Morgan fingerprint density at radius 3 is 2.97 bits per heavy atom. The maximum absolute atomic E-state index is 13.5. The van der Waals surface area contributed by atoms with Gasteiger partial charge in [-0.1, -0.05) is 24.7 Å². The van der Waals surface area contributed by atoms with Crippen LogP contribution in [0.3, 0.4) is 0 Å². The smallest absolute Gasteiger partial charge is 0.327 e. The number of carbonyl (C=O) groups excluding carboxylic acids is 1. The number of unbranched alkanes of at least 4 members (excludes halogenated alkanes) is 1. The van der Waals surface area contributed by atoms with Crippen molar-refractivity contribution in [2.45, 2.75) is 69.6 Å². The average Bonchev–Trinajstić information content (AvgIpc) is 3.28. The maximum atomic E-state index is 13.5. The Bertz CT molecular complexity index is 1170. The lowest BCUT2D eigenvalue weighted by Gasteiger charge is -2.27. The van der Waals surface area contributed by atoms with E-state index >= 15 is 0 Å². The van der Waals surface area contributed by atoms with Crippen LogP contribution in [-0.2, 0) is 23.4 Å².